The number of nitrogens with one attached hydrogen (secondary N) is 1. The van der Waals surface area contributed by atoms with Gasteiger partial charge in [-0.1, -0.05) is 0 Å². The van der Waals surface area contributed by atoms with Crippen LogP contribution in [0.2, 0.25) is 0 Å². The highest BCUT2D eigenvalue weighted by atomic mass is 19.1. The number of aryl methyl sites for hydroxylation is 1. The molecule has 158 valence electrons. The smallest absolute Gasteiger partial charge is 0.210 e. The van der Waals surface area contributed by atoms with Crippen LogP contribution in [0.25, 0.3) is 22.4 Å². The summed E-state index contributed by atoms with van der Waals surface area (Å²) in [4.78, 5) is 8.99. The molecule has 2 atom stereocenters. The maximum atomic E-state index is 14.7. The fraction of sp³-hybridized carbons (Fsp3) is 0.227. The van der Waals surface area contributed by atoms with E-state index in [-0.39, 0.29) is 11.9 Å². The molecule has 1 N–H and O–H groups in total. The molecule has 7 rings (SSSR count). The van der Waals surface area contributed by atoms with E-state index < -0.39 is 0 Å². The van der Waals surface area contributed by atoms with Gasteiger partial charge in [0, 0.05) is 46.6 Å². The topological polar surface area (TPSA) is 94.5 Å². The molecule has 1 aromatic carbocycles. The van der Waals surface area contributed by atoms with Crippen LogP contribution in [0, 0.1) is 12.7 Å². The number of hydrogen-bond acceptors (Lipinski definition) is 7. The molecule has 5 aromatic rings. The van der Waals surface area contributed by atoms with Crippen LogP contribution in [-0.2, 0) is 6.54 Å². The summed E-state index contributed by atoms with van der Waals surface area (Å²) in [7, 11) is 0. The molecular formula is C22H17FN8O. The number of halogens is 1. The van der Waals surface area contributed by atoms with Crippen molar-refractivity contribution in [3.63, 3.8) is 0 Å². The Morgan fingerprint density at radius 3 is 3.03 bits per heavy atom. The number of aromatic nitrogens is 7. The third kappa shape index (κ3) is 2.40. The SMILES string of the molecule is Cc1ccc(-c2cnc(NCc3c(F)ccc4c3[C@H]3C[C@H]3O4)n3cnnc23)c2ncnn12. The number of fused-ring (bicyclic) bond motifs is 5. The van der Waals surface area contributed by atoms with Crippen molar-refractivity contribution in [1.29, 1.82) is 0 Å². The quantitative estimate of drug-likeness (QED) is 0.470. The average molecular weight is 428 g/mol. The first-order valence-electron chi connectivity index (χ1n) is 10.4. The largest absolute Gasteiger partial charge is 0.489 e. The fourth-order valence-electron chi connectivity index (χ4n) is 4.62. The van der Waals surface area contributed by atoms with Crippen LogP contribution in [0.5, 0.6) is 5.75 Å². The van der Waals surface area contributed by atoms with Crippen molar-refractivity contribution < 1.29 is 9.13 Å². The van der Waals surface area contributed by atoms with E-state index in [1.807, 2.05) is 19.1 Å². The first kappa shape index (κ1) is 17.6. The van der Waals surface area contributed by atoms with Crippen molar-refractivity contribution in [2.24, 2.45) is 0 Å². The zero-order valence-electron chi connectivity index (χ0n) is 17.0. The summed E-state index contributed by atoms with van der Waals surface area (Å²) in [5, 5.41) is 15.9. The van der Waals surface area contributed by atoms with Crippen molar-refractivity contribution in [2.45, 2.75) is 31.9 Å². The van der Waals surface area contributed by atoms with Crippen molar-refractivity contribution in [1.82, 2.24) is 34.2 Å². The first-order chi connectivity index (χ1) is 15.7. The Morgan fingerprint density at radius 2 is 2.09 bits per heavy atom. The molecule has 2 aliphatic rings. The zero-order valence-corrected chi connectivity index (χ0v) is 17.0. The summed E-state index contributed by atoms with van der Waals surface area (Å²) in [6, 6.07) is 7.14. The van der Waals surface area contributed by atoms with Crippen molar-refractivity contribution >= 4 is 17.2 Å². The summed E-state index contributed by atoms with van der Waals surface area (Å²) in [5.41, 5.74) is 5.57. The number of pyridine rings is 1. The lowest BCUT2D eigenvalue weighted by molar-refractivity contribution is 0.318. The van der Waals surface area contributed by atoms with Crippen molar-refractivity contribution in [3.05, 3.63) is 65.8 Å². The van der Waals surface area contributed by atoms with E-state index in [1.54, 1.807) is 27.5 Å². The molecule has 0 amide bonds. The number of nitrogens with zero attached hydrogens (tertiary/aromatic N) is 7. The van der Waals surface area contributed by atoms with Gasteiger partial charge < -0.3 is 10.1 Å². The van der Waals surface area contributed by atoms with E-state index in [2.05, 4.69) is 30.6 Å². The lowest BCUT2D eigenvalue weighted by Gasteiger charge is -2.14. The Kier molecular flexibility index (Phi) is 3.42. The predicted molar refractivity (Wildman–Crippen MR) is 113 cm³/mol. The summed E-state index contributed by atoms with van der Waals surface area (Å²) < 4.78 is 24.0. The van der Waals surface area contributed by atoms with E-state index in [4.69, 9.17) is 4.74 Å². The minimum absolute atomic E-state index is 0.205. The maximum absolute atomic E-state index is 14.7. The Bertz CT molecular complexity index is 1540. The Morgan fingerprint density at radius 1 is 1.16 bits per heavy atom. The second-order valence-electron chi connectivity index (χ2n) is 8.19. The van der Waals surface area contributed by atoms with Gasteiger partial charge in [0.1, 0.15) is 30.3 Å². The summed E-state index contributed by atoms with van der Waals surface area (Å²) >= 11 is 0. The molecule has 0 saturated heterocycles. The summed E-state index contributed by atoms with van der Waals surface area (Å²) in [5.74, 6) is 1.38. The molecule has 9 nitrogen and oxygen atoms in total. The summed E-state index contributed by atoms with van der Waals surface area (Å²) in [6.45, 7) is 2.26. The van der Waals surface area contributed by atoms with Crippen LogP contribution in [0.15, 0.2) is 43.1 Å². The zero-order chi connectivity index (χ0) is 21.4. The molecule has 10 heteroatoms. The van der Waals surface area contributed by atoms with Crippen LogP contribution < -0.4 is 10.1 Å². The van der Waals surface area contributed by atoms with Gasteiger partial charge in [-0.3, -0.25) is 4.40 Å². The third-order valence-electron chi connectivity index (χ3n) is 6.30. The van der Waals surface area contributed by atoms with Gasteiger partial charge in [-0.15, -0.1) is 10.2 Å². The highest BCUT2D eigenvalue weighted by molar-refractivity contribution is 5.85. The molecule has 1 fully saturated rings. The maximum Gasteiger partial charge on any atom is 0.210 e. The van der Waals surface area contributed by atoms with E-state index in [0.29, 0.717) is 29.6 Å². The van der Waals surface area contributed by atoms with Gasteiger partial charge in [0.05, 0.1) is 0 Å². The van der Waals surface area contributed by atoms with Crippen LogP contribution in [0.4, 0.5) is 10.3 Å². The Labute approximate surface area is 180 Å². The predicted octanol–water partition coefficient (Wildman–Crippen LogP) is 3.14. The van der Waals surface area contributed by atoms with Gasteiger partial charge in [0.25, 0.3) is 0 Å². The molecule has 0 radical (unpaired) electrons. The third-order valence-corrected chi connectivity index (χ3v) is 6.30. The molecular weight excluding hydrogens is 411 g/mol. The van der Waals surface area contributed by atoms with E-state index >= 15 is 0 Å². The van der Waals surface area contributed by atoms with Crippen LogP contribution in [0.3, 0.4) is 0 Å². The van der Waals surface area contributed by atoms with Crippen LogP contribution >= 0.6 is 0 Å². The lowest BCUT2D eigenvalue weighted by Crippen LogP contribution is -2.10. The lowest BCUT2D eigenvalue weighted by atomic mass is 10.0. The molecule has 5 heterocycles. The number of rotatable bonds is 4. The van der Waals surface area contributed by atoms with Crippen molar-refractivity contribution in [2.75, 3.05) is 5.32 Å². The van der Waals surface area contributed by atoms with Crippen LogP contribution in [0.1, 0.15) is 29.2 Å². The standard InChI is InChI=1S/C22H17FN8O/c1-11-2-3-12(20-26-9-28-31(11)20)14-7-24-22(30-10-27-29-21(14)30)25-8-15-16(23)4-5-17-19(15)13-6-18(13)32-17/h2-5,7,9-10,13,18H,6,8H2,1H3,(H,24,25)/t13-,18+/m0/s1. The van der Waals surface area contributed by atoms with E-state index in [0.717, 1.165) is 40.2 Å². The molecule has 1 saturated carbocycles. The monoisotopic (exact) mass is 428 g/mol. The minimum atomic E-state index is -0.238. The molecule has 1 aliphatic carbocycles. The molecule has 32 heavy (non-hydrogen) atoms. The second-order valence-corrected chi connectivity index (χ2v) is 8.19. The fourth-order valence-corrected chi connectivity index (χ4v) is 4.62. The highest BCUT2D eigenvalue weighted by Crippen LogP contribution is 2.55. The second kappa shape index (κ2) is 6.22. The molecule has 0 unspecified atom stereocenters. The van der Waals surface area contributed by atoms with Gasteiger partial charge >= 0.3 is 0 Å². The minimum Gasteiger partial charge on any atom is -0.489 e. The molecule has 0 bridgehead atoms. The van der Waals surface area contributed by atoms with Gasteiger partial charge in [-0.25, -0.2) is 18.9 Å². The van der Waals surface area contributed by atoms with Gasteiger partial charge in [0.2, 0.25) is 5.95 Å². The normalized spacial score (nSPS) is 18.6. The molecule has 1 aliphatic heterocycles. The van der Waals surface area contributed by atoms with Crippen molar-refractivity contribution in [3.8, 4) is 16.9 Å². The van der Waals surface area contributed by atoms with E-state index in [9.17, 15) is 4.39 Å². The number of anilines is 1. The van der Waals surface area contributed by atoms with Gasteiger partial charge in [-0.2, -0.15) is 5.10 Å². The summed E-state index contributed by atoms with van der Waals surface area (Å²) in [6.07, 6.45) is 6.01. The molecule has 4 aromatic heterocycles. The van der Waals surface area contributed by atoms with Gasteiger partial charge in [-0.05, 0) is 37.6 Å². The average Bonchev–Trinajstić information content (AvgIpc) is 3.21. The number of ether oxygens (including phenoxy) is 1. The Balaban J connectivity index is 1.28. The Hall–Kier alpha value is -4.08. The number of benzene rings is 1. The molecule has 0 spiro atoms. The van der Waals surface area contributed by atoms with Crippen LogP contribution in [-0.4, -0.2) is 40.3 Å². The van der Waals surface area contributed by atoms with E-state index in [1.165, 1.54) is 12.4 Å². The number of hydrogen-bond donors (Lipinski definition) is 1. The highest BCUT2D eigenvalue weighted by Gasteiger charge is 2.49. The van der Waals surface area contributed by atoms with Gasteiger partial charge in [0.15, 0.2) is 11.3 Å². The first-order valence-corrected chi connectivity index (χ1v) is 10.4.